The van der Waals surface area contributed by atoms with Gasteiger partial charge in [-0.2, -0.15) is 0 Å². The van der Waals surface area contributed by atoms with Crippen LogP contribution in [0.5, 0.6) is 5.88 Å². The molecule has 1 aliphatic rings. The van der Waals surface area contributed by atoms with E-state index in [9.17, 15) is 9.59 Å². The van der Waals surface area contributed by atoms with Gasteiger partial charge in [0.1, 0.15) is 0 Å². The second kappa shape index (κ2) is 7.34. The molecule has 2 heterocycles. The van der Waals surface area contributed by atoms with Crippen molar-refractivity contribution in [1.29, 1.82) is 0 Å². The first-order chi connectivity index (χ1) is 12.1. The number of methoxy groups -OCH3 is 1. The van der Waals surface area contributed by atoms with Crippen molar-refractivity contribution in [3.63, 3.8) is 0 Å². The van der Waals surface area contributed by atoms with Gasteiger partial charge < -0.3 is 14.7 Å². The minimum absolute atomic E-state index is 0.00979. The van der Waals surface area contributed by atoms with E-state index in [-0.39, 0.29) is 5.91 Å². The van der Waals surface area contributed by atoms with Crippen LogP contribution in [0.25, 0.3) is 0 Å². The van der Waals surface area contributed by atoms with Crippen molar-refractivity contribution in [2.75, 3.05) is 20.2 Å². The first-order valence-corrected chi connectivity index (χ1v) is 8.18. The molecule has 1 amide bonds. The van der Waals surface area contributed by atoms with Crippen LogP contribution in [0.2, 0.25) is 0 Å². The van der Waals surface area contributed by atoms with Gasteiger partial charge in [-0.25, -0.2) is 9.78 Å². The van der Waals surface area contributed by atoms with E-state index >= 15 is 0 Å². The number of benzene rings is 1. The number of carbonyl (C=O) groups excluding carboxylic acids is 1. The molecule has 1 fully saturated rings. The molecule has 6 nitrogen and oxygen atoms in total. The number of rotatable bonds is 5. The fourth-order valence-corrected chi connectivity index (χ4v) is 3.14. The molecular formula is C19H20N2O4. The van der Waals surface area contributed by atoms with Crippen molar-refractivity contribution in [3.05, 3.63) is 59.3 Å². The zero-order valence-electron chi connectivity index (χ0n) is 14.0. The summed E-state index contributed by atoms with van der Waals surface area (Å²) in [6.45, 7) is 1.42. The number of hydrogen-bond acceptors (Lipinski definition) is 4. The summed E-state index contributed by atoms with van der Waals surface area (Å²) >= 11 is 0. The van der Waals surface area contributed by atoms with Crippen LogP contribution in [0.15, 0.2) is 42.6 Å². The van der Waals surface area contributed by atoms with Crippen molar-refractivity contribution < 1.29 is 19.4 Å². The fourth-order valence-electron chi connectivity index (χ4n) is 3.14. The predicted molar refractivity (Wildman–Crippen MR) is 91.9 cm³/mol. The Morgan fingerprint density at radius 3 is 2.68 bits per heavy atom. The van der Waals surface area contributed by atoms with E-state index in [0.29, 0.717) is 29.5 Å². The second-order valence-electron chi connectivity index (χ2n) is 6.20. The average molecular weight is 340 g/mol. The van der Waals surface area contributed by atoms with Crippen LogP contribution in [0, 0.1) is 5.92 Å². The molecule has 6 heteroatoms. The second-order valence-corrected chi connectivity index (χ2v) is 6.20. The lowest BCUT2D eigenvalue weighted by molar-refractivity contribution is 0.0696. The summed E-state index contributed by atoms with van der Waals surface area (Å²) in [6.07, 6.45) is 3.35. The van der Waals surface area contributed by atoms with E-state index in [0.717, 1.165) is 24.9 Å². The Kier molecular flexibility index (Phi) is 4.97. The Morgan fingerprint density at radius 2 is 2.00 bits per heavy atom. The minimum Gasteiger partial charge on any atom is -0.481 e. The highest BCUT2D eigenvalue weighted by Gasteiger charge is 2.27. The van der Waals surface area contributed by atoms with E-state index < -0.39 is 5.97 Å². The van der Waals surface area contributed by atoms with Gasteiger partial charge in [-0.05, 0) is 42.5 Å². The van der Waals surface area contributed by atoms with Crippen LogP contribution >= 0.6 is 0 Å². The molecule has 0 unspecified atom stereocenters. The van der Waals surface area contributed by atoms with Crippen molar-refractivity contribution in [2.24, 2.45) is 5.92 Å². The summed E-state index contributed by atoms with van der Waals surface area (Å²) in [5.41, 5.74) is 1.96. The van der Waals surface area contributed by atoms with Crippen LogP contribution in [0.3, 0.4) is 0 Å². The smallest absolute Gasteiger partial charge is 0.335 e. The van der Waals surface area contributed by atoms with Crippen molar-refractivity contribution in [1.82, 2.24) is 9.88 Å². The molecule has 0 saturated carbocycles. The lowest BCUT2D eigenvalue weighted by Gasteiger charge is -2.17. The summed E-state index contributed by atoms with van der Waals surface area (Å²) < 4.78 is 5.07. The third-order valence-corrected chi connectivity index (χ3v) is 4.49. The average Bonchev–Trinajstić information content (AvgIpc) is 3.10. The van der Waals surface area contributed by atoms with Gasteiger partial charge >= 0.3 is 5.97 Å². The van der Waals surface area contributed by atoms with Gasteiger partial charge in [0.15, 0.2) is 0 Å². The number of amides is 1. The van der Waals surface area contributed by atoms with Gasteiger partial charge in [0, 0.05) is 30.9 Å². The molecule has 1 saturated heterocycles. The first-order valence-electron chi connectivity index (χ1n) is 8.18. The highest BCUT2D eigenvalue weighted by atomic mass is 16.5. The normalized spacial score (nSPS) is 16.7. The van der Waals surface area contributed by atoms with Crippen molar-refractivity contribution in [3.8, 4) is 5.88 Å². The topological polar surface area (TPSA) is 79.7 Å². The third-order valence-electron chi connectivity index (χ3n) is 4.49. The molecule has 1 N–H and O–H groups in total. The minimum atomic E-state index is -0.919. The molecular weight excluding hydrogens is 320 g/mol. The lowest BCUT2D eigenvalue weighted by atomic mass is 9.98. The van der Waals surface area contributed by atoms with Crippen LogP contribution < -0.4 is 4.74 Å². The van der Waals surface area contributed by atoms with E-state index in [2.05, 4.69) is 4.98 Å². The number of ether oxygens (including phenoxy) is 1. The molecule has 0 spiro atoms. The predicted octanol–water partition coefficient (Wildman–Crippen LogP) is 2.49. The highest BCUT2D eigenvalue weighted by molar-refractivity contribution is 5.94. The van der Waals surface area contributed by atoms with Gasteiger partial charge in [0.2, 0.25) is 5.88 Å². The molecule has 1 aliphatic heterocycles. The fraction of sp³-hybridized carbons (Fsp3) is 0.316. The highest BCUT2D eigenvalue weighted by Crippen LogP contribution is 2.23. The summed E-state index contributed by atoms with van der Waals surface area (Å²) in [7, 11) is 1.53. The zero-order valence-corrected chi connectivity index (χ0v) is 14.0. The SMILES string of the molecule is COc1cc(C(=O)N2CC[C@@H](Cc3ccc(C(=O)O)cc3)C2)ccn1. The van der Waals surface area contributed by atoms with Crippen LogP contribution in [-0.2, 0) is 6.42 Å². The lowest BCUT2D eigenvalue weighted by Crippen LogP contribution is -2.29. The maximum Gasteiger partial charge on any atom is 0.335 e. The van der Waals surface area contributed by atoms with E-state index in [1.54, 1.807) is 30.5 Å². The molecule has 0 aliphatic carbocycles. The summed E-state index contributed by atoms with van der Waals surface area (Å²) in [4.78, 5) is 29.4. The van der Waals surface area contributed by atoms with E-state index in [1.165, 1.54) is 7.11 Å². The number of nitrogens with zero attached hydrogens (tertiary/aromatic N) is 2. The molecule has 2 aromatic rings. The summed E-state index contributed by atoms with van der Waals surface area (Å²) in [6, 6.07) is 10.3. The molecule has 0 bridgehead atoms. The van der Waals surface area contributed by atoms with Gasteiger partial charge in [-0.1, -0.05) is 12.1 Å². The molecule has 130 valence electrons. The number of hydrogen-bond donors (Lipinski definition) is 1. The van der Waals surface area contributed by atoms with Gasteiger partial charge in [-0.15, -0.1) is 0 Å². The van der Waals surface area contributed by atoms with Crippen LogP contribution in [0.4, 0.5) is 0 Å². The first kappa shape index (κ1) is 17.0. The quantitative estimate of drug-likeness (QED) is 0.904. The Bertz CT molecular complexity index is 773. The standard InChI is InChI=1S/C19H20N2O4/c1-25-17-11-16(6-8-20-17)18(22)21-9-7-14(12-21)10-13-2-4-15(5-3-13)19(23)24/h2-6,8,11,14H,7,9-10,12H2,1H3,(H,23,24)/t14-/m0/s1. The Hall–Kier alpha value is -2.89. The molecule has 1 aromatic carbocycles. The number of aromatic carboxylic acids is 1. The number of aromatic nitrogens is 1. The molecule has 1 aromatic heterocycles. The third kappa shape index (κ3) is 3.96. The van der Waals surface area contributed by atoms with Gasteiger partial charge in [-0.3, -0.25) is 4.79 Å². The maximum atomic E-state index is 12.6. The molecule has 0 radical (unpaired) electrons. The molecule has 25 heavy (non-hydrogen) atoms. The Morgan fingerprint density at radius 1 is 1.24 bits per heavy atom. The number of likely N-dealkylation sites (tertiary alicyclic amines) is 1. The Labute approximate surface area is 146 Å². The molecule has 1 atom stereocenters. The van der Waals surface area contributed by atoms with Crippen LogP contribution in [0.1, 0.15) is 32.7 Å². The number of pyridine rings is 1. The zero-order chi connectivity index (χ0) is 17.8. The summed E-state index contributed by atoms with van der Waals surface area (Å²) in [5.74, 6) is -0.120. The number of carboxylic acids is 1. The Balaban J connectivity index is 1.61. The van der Waals surface area contributed by atoms with Gasteiger partial charge in [0.05, 0.1) is 12.7 Å². The van der Waals surface area contributed by atoms with Crippen molar-refractivity contribution in [2.45, 2.75) is 12.8 Å². The monoisotopic (exact) mass is 340 g/mol. The summed E-state index contributed by atoms with van der Waals surface area (Å²) in [5, 5.41) is 8.94. The van der Waals surface area contributed by atoms with Crippen LogP contribution in [-0.4, -0.2) is 47.1 Å². The molecule has 3 rings (SSSR count). The van der Waals surface area contributed by atoms with Gasteiger partial charge in [0.25, 0.3) is 5.91 Å². The largest absolute Gasteiger partial charge is 0.481 e. The van der Waals surface area contributed by atoms with E-state index in [1.807, 2.05) is 17.0 Å². The number of carbonyl (C=O) groups is 2. The van der Waals surface area contributed by atoms with E-state index in [4.69, 9.17) is 9.84 Å². The van der Waals surface area contributed by atoms with Crippen molar-refractivity contribution >= 4 is 11.9 Å². The maximum absolute atomic E-state index is 12.6. The number of carboxylic acid groups (broad SMARTS) is 1.